The Hall–Kier alpha value is -4.11. The van der Waals surface area contributed by atoms with Crippen molar-refractivity contribution < 1.29 is 42.1 Å². The fourth-order valence-electron chi connectivity index (χ4n) is 6.31. The highest BCUT2D eigenvalue weighted by Crippen LogP contribution is 2.38. The zero-order valence-electron chi connectivity index (χ0n) is 44.4. The fourth-order valence-corrected chi connectivity index (χ4v) is 7.04. The molecule has 0 heterocycles. The number of likely N-dealkylation sites (N-methyl/N-ethyl adjacent to an activating group) is 1. The summed E-state index contributed by atoms with van der Waals surface area (Å²) >= 11 is 0. The van der Waals surface area contributed by atoms with E-state index in [4.69, 9.17) is 18.5 Å². The van der Waals surface area contributed by atoms with E-state index in [1.54, 1.807) is 0 Å². The van der Waals surface area contributed by atoms with Gasteiger partial charge in [-0.2, -0.15) is 0 Å². The Labute approximate surface area is 427 Å². The number of esters is 2. The molecule has 70 heavy (non-hydrogen) atoms. The minimum atomic E-state index is -4.66. The molecule has 0 aromatic heterocycles. The van der Waals surface area contributed by atoms with Gasteiger partial charge in [0.2, 0.25) is 0 Å². The Bertz CT molecular complexity index is 1690. The summed E-state index contributed by atoms with van der Waals surface area (Å²) in [7, 11) is 1.10. The lowest BCUT2D eigenvalue weighted by Gasteiger charge is -2.28. The summed E-state index contributed by atoms with van der Waals surface area (Å²) in [5, 5.41) is 0. The number of ether oxygens (including phenoxy) is 2. The molecule has 0 bridgehead atoms. The summed E-state index contributed by atoms with van der Waals surface area (Å²) < 4.78 is 34.0. The molecule has 0 aliphatic heterocycles. The van der Waals surface area contributed by atoms with Crippen molar-refractivity contribution in [2.24, 2.45) is 0 Å². The molecule has 0 saturated heterocycles. The molecule has 9 nitrogen and oxygen atoms in total. The van der Waals surface area contributed by atoms with E-state index >= 15 is 0 Å². The van der Waals surface area contributed by atoms with Crippen LogP contribution in [-0.4, -0.2) is 70.0 Å². The van der Waals surface area contributed by atoms with E-state index in [0.717, 1.165) is 128 Å². The molecule has 0 fully saturated rings. The second kappa shape index (κ2) is 49.9. The van der Waals surface area contributed by atoms with Crippen LogP contribution >= 0.6 is 7.82 Å². The molecule has 0 aliphatic carbocycles. The minimum Gasteiger partial charge on any atom is -0.756 e. The SMILES string of the molecule is CC/C=C\C/C=C\C/C=C\C/C=C\C/C=C\C/C=C\C/C=C\C/C=C\CCCCCCCCC(=O)OC(COC(=O)CCCC/C=C\C/C=C\C/C=C\C/C=C\CC)COP(=O)([O-])OCC[N+](C)(C)C. The van der Waals surface area contributed by atoms with Gasteiger partial charge in [0.1, 0.15) is 19.8 Å². The first-order valence-electron chi connectivity index (χ1n) is 26.5. The van der Waals surface area contributed by atoms with Gasteiger partial charge in [0.25, 0.3) is 7.82 Å². The Morgan fingerprint density at radius 1 is 0.443 bits per heavy atom. The van der Waals surface area contributed by atoms with Crippen LogP contribution in [0.5, 0.6) is 0 Å². The zero-order valence-corrected chi connectivity index (χ0v) is 45.3. The lowest BCUT2D eigenvalue weighted by atomic mass is 10.1. The number of unbranched alkanes of at least 4 members (excludes halogenated alkanes) is 8. The van der Waals surface area contributed by atoms with E-state index in [1.807, 2.05) is 21.1 Å². The highest BCUT2D eigenvalue weighted by Gasteiger charge is 2.21. The van der Waals surface area contributed by atoms with Crippen LogP contribution in [0.1, 0.15) is 168 Å². The molecule has 0 radical (unpaired) electrons. The smallest absolute Gasteiger partial charge is 0.306 e. The second-order valence-electron chi connectivity index (χ2n) is 18.1. The first-order chi connectivity index (χ1) is 34.0. The fraction of sp³-hybridized carbons (Fsp3) is 0.567. The van der Waals surface area contributed by atoms with Gasteiger partial charge in [-0.1, -0.05) is 185 Å². The summed E-state index contributed by atoms with van der Waals surface area (Å²) in [6.07, 6.45) is 73.2. The predicted octanol–water partition coefficient (Wildman–Crippen LogP) is 15.7. The van der Waals surface area contributed by atoms with Gasteiger partial charge in [-0.25, -0.2) is 0 Å². The molecule has 0 aliphatic rings. The Balaban J connectivity index is 4.31. The van der Waals surface area contributed by atoms with Crippen molar-refractivity contribution in [2.45, 2.75) is 174 Å². The Morgan fingerprint density at radius 2 is 0.771 bits per heavy atom. The van der Waals surface area contributed by atoms with Crippen LogP contribution in [0, 0.1) is 0 Å². The molecule has 0 spiro atoms. The van der Waals surface area contributed by atoms with Crippen molar-refractivity contribution in [3.63, 3.8) is 0 Å². The summed E-state index contributed by atoms with van der Waals surface area (Å²) in [4.78, 5) is 37.7. The van der Waals surface area contributed by atoms with E-state index in [0.29, 0.717) is 23.9 Å². The van der Waals surface area contributed by atoms with Crippen LogP contribution in [0.2, 0.25) is 0 Å². The van der Waals surface area contributed by atoms with Crippen LogP contribution in [0.25, 0.3) is 0 Å². The Kier molecular flexibility index (Phi) is 46.9. The number of hydrogen-bond donors (Lipinski definition) is 0. The average Bonchev–Trinajstić information content (AvgIpc) is 3.32. The van der Waals surface area contributed by atoms with Crippen LogP contribution in [0.4, 0.5) is 0 Å². The maximum atomic E-state index is 12.8. The van der Waals surface area contributed by atoms with E-state index in [2.05, 4.69) is 160 Å². The molecule has 0 rings (SSSR count). The van der Waals surface area contributed by atoms with Crippen LogP contribution in [0.15, 0.2) is 146 Å². The van der Waals surface area contributed by atoms with Gasteiger partial charge in [-0.3, -0.25) is 14.2 Å². The van der Waals surface area contributed by atoms with Crippen LogP contribution < -0.4 is 4.89 Å². The van der Waals surface area contributed by atoms with Crippen molar-refractivity contribution in [1.82, 2.24) is 0 Å². The number of phosphoric ester groups is 1. The van der Waals surface area contributed by atoms with Crippen LogP contribution in [-0.2, 0) is 32.7 Å². The molecule has 0 aromatic rings. The van der Waals surface area contributed by atoms with E-state index < -0.39 is 32.5 Å². The average molecular weight is 990 g/mol. The number of phosphoric acid groups is 1. The minimum absolute atomic E-state index is 0.0498. The van der Waals surface area contributed by atoms with Gasteiger partial charge in [0.05, 0.1) is 27.7 Å². The van der Waals surface area contributed by atoms with Crippen molar-refractivity contribution in [1.29, 1.82) is 0 Å². The summed E-state index contributed by atoms with van der Waals surface area (Å²) in [5.41, 5.74) is 0. The Morgan fingerprint density at radius 3 is 1.17 bits per heavy atom. The van der Waals surface area contributed by atoms with Crippen molar-refractivity contribution in [2.75, 3.05) is 47.5 Å². The van der Waals surface area contributed by atoms with E-state index in [-0.39, 0.29) is 26.1 Å². The summed E-state index contributed by atoms with van der Waals surface area (Å²) in [6, 6.07) is 0. The molecule has 0 N–H and O–H groups in total. The topological polar surface area (TPSA) is 111 Å². The molecule has 0 aromatic carbocycles. The lowest BCUT2D eigenvalue weighted by molar-refractivity contribution is -0.870. The number of carbonyl (C=O) groups is 2. The molecule has 10 heteroatoms. The van der Waals surface area contributed by atoms with Crippen molar-refractivity contribution >= 4 is 19.8 Å². The standard InChI is InChI=1S/C60H96NO8P/c1-6-8-10-12-14-16-18-20-22-23-24-25-26-27-28-29-30-31-32-33-34-35-36-37-39-41-43-45-47-49-51-53-60(63)69-58(57-68-70(64,65)67-55-54-61(3,4)5)56-66-59(62)52-50-48-46-44-42-40-38-21-19-17-15-13-11-9-7-2/h8-11,14-17,20-22,24-25,27-28,30-31,33-34,36-38,42,44,58H,6-7,12-13,18-19,23,26,29,32,35,39-41,43,45-57H2,1-5H3/b10-8-,11-9-,16-14-,17-15-,22-20-,25-24-,28-27-,31-30-,34-33-,37-36-,38-21-,44-42-. The monoisotopic (exact) mass is 990 g/mol. The second-order valence-corrected chi connectivity index (χ2v) is 19.5. The highest BCUT2D eigenvalue weighted by atomic mass is 31.2. The van der Waals surface area contributed by atoms with Gasteiger partial charge in [0, 0.05) is 12.8 Å². The van der Waals surface area contributed by atoms with Gasteiger partial charge in [-0.15, -0.1) is 0 Å². The third-order valence-electron chi connectivity index (χ3n) is 10.4. The maximum absolute atomic E-state index is 12.8. The molecular weight excluding hydrogens is 894 g/mol. The van der Waals surface area contributed by atoms with Crippen molar-refractivity contribution in [3.05, 3.63) is 146 Å². The summed E-state index contributed by atoms with van der Waals surface area (Å²) in [5.74, 6) is -0.915. The lowest BCUT2D eigenvalue weighted by Crippen LogP contribution is -2.37. The van der Waals surface area contributed by atoms with Gasteiger partial charge in [0.15, 0.2) is 6.10 Å². The number of hydrogen-bond acceptors (Lipinski definition) is 8. The van der Waals surface area contributed by atoms with Gasteiger partial charge < -0.3 is 27.9 Å². The van der Waals surface area contributed by atoms with Gasteiger partial charge in [-0.05, 0) is 116 Å². The maximum Gasteiger partial charge on any atom is 0.306 e. The first-order valence-corrected chi connectivity index (χ1v) is 28.0. The normalized spacial score (nSPS) is 14.5. The number of allylic oxidation sites excluding steroid dienone is 24. The number of nitrogens with zero attached hydrogens (tertiary/aromatic N) is 1. The highest BCUT2D eigenvalue weighted by molar-refractivity contribution is 7.45. The number of carbonyl (C=O) groups excluding carboxylic acids is 2. The van der Waals surface area contributed by atoms with Crippen molar-refractivity contribution in [3.8, 4) is 0 Å². The summed E-state index contributed by atoms with van der Waals surface area (Å²) in [6.45, 7) is 3.90. The largest absolute Gasteiger partial charge is 0.756 e. The molecule has 0 amide bonds. The third kappa shape index (κ3) is 53.2. The molecule has 2 unspecified atom stereocenters. The quantitative estimate of drug-likeness (QED) is 0.0195. The van der Waals surface area contributed by atoms with Crippen LogP contribution in [0.3, 0.4) is 0 Å². The van der Waals surface area contributed by atoms with Gasteiger partial charge >= 0.3 is 11.9 Å². The third-order valence-corrected chi connectivity index (χ3v) is 11.3. The predicted molar refractivity (Wildman–Crippen MR) is 295 cm³/mol. The molecule has 394 valence electrons. The molecule has 0 saturated carbocycles. The van der Waals surface area contributed by atoms with E-state index in [9.17, 15) is 19.0 Å². The number of rotatable bonds is 46. The zero-order chi connectivity index (χ0) is 51.3. The number of quaternary nitrogens is 1. The first kappa shape index (κ1) is 65.9. The van der Waals surface area contributed by atoms with E-state index in [1.165, 1.54) is 0 Å². The molecule has 2 atom stereocenters. The molecular formula is C60H96NO8P.